The predicted octanol–water partition coefficient (Wildman–Crippen LogP) is 0.0349. The number of carbonyl (C=O) groups excluding carboxylic acids is 2. The highest BCUT2D eigenvalue weighted by Gasteiger charge is 2.28. The van der Waals surface area contributed by atoms with E-state index >= 15 is 0 Å². The lowest BCUT2D eigenvalue weighted by molar-refractivity contribution is -0.132. The van der Waals surface area contributed by atoms with Crippen LogP contribution in [0.25, 0.3) is 0 Å². The molecule has 0 spiro atoms. The van der Waals surface area contributed by atoms with Gasteiger partial charge in [0.25, 0.3) is 0 Å². The van der Waals surface area contributed by atoms with Gasteiger partial charge in [0.1, 0.15) is 0 Å². The molecule has 96 valence electrons. The molecule has 1 unspecified atom stereocenters. The van der Waals surface area contributed by atoms with E-state index in [4.69, 9.17) is 5.73 Å². The number of rotatable bonds is 2. The fraction of sp³-hybridized carbons (Fsp3) is 0.385. The first kappa shape index (κ1) is 12.6. The van der Waals surface area contributed by atoms with Crippen molar-refractivity contribution < 1.29 is 9.59 Å². The maximum atomic E-state index is 11.9. The van der Waals surface area contributed by atoms with E-state index in [1.165, 1.54) is 0 Å². The van der Waals surface area contributed by atoms with Crippen LogP contribution in [0, 0.1) is 0 Å². The van der Waals surface area contributed by atoms with Crippen molar-refractivity contribution in [2.45, 2.75) is 12.5 Å². The minimum absolute atomic E-state index is 0.0302. The molecule has 1 aliphatic heterocycles. The summed E-state index contributed by atoms with van der Waals surface area (Å²) >= 11 is 0. The minimum Gasteiger partial charge on any atom is -0.354 e. The highest BCUT2D eigenvalue weighted by atomic mass is 16.2. The summed E-state index contributed by atoms with van der Waals surface area (Å²) < 4.78 is 0. The normalized spacial score (nSPS) is 20.2. The topological polar surface area (TPSA) is 75.4 Å². The van der Waals surface area contributed by atoms with Crippen molar-refractivity contribution >= 4 is 11.8 Å². The van der Waals surface area contributed by atoms with E-state index in [0.717, 1.165) is 5.56 Å². The Kier molecular flexibility index (Phi) is 3.94. The van der Waals surface area contributed by atoms with Gasteiger partial charge in [0.05, 0.1) is 19.0 Å². The van der Waals surface area contributed by atoms with Crippen LogP contribution in [0.3, 0.4) is 0 Å². The van der Waals surface area contributed by atoms with Crippen LogP contribution in [-0.4, -0.2) is 36.3 Å². The predicted molar refractivity (Wildman–Crippen MR) is 67.6 cm³/mol. The molecule has 1 fully saturated rings. The maximum Gasteiger partial charge on any atom is 0.236 e. The first-order valence-corrected chi connectivity index (χ1v) is 6.03. The first-order valence-electron chi connectivity index (χ1n) is 6.03. The lowest BCUT2D eigenvalue weighted by atomic mass is 10.0. The summed E-state index contributed by atoms with van der Waals surface area (Å²) in [5.74, 6) is -0.156. The van der Waals surface area contributed by atoms with Crippen molar-refractivity contribution in [3.05, 3.63) is 35.9 Å². The zero-order valence-corrected chi connectivity index (χ0v) is 10.1. The van der Waals surface area contributed by atoms with E-state index in [2.05, 4.69) is 5.32 Å². The van der Waals surface area contributed by atoms with Crippen LogP contribution >= 0.6 is 0 Å². The Bertz CT molecular complexity index is 433. The van der Waals surface area contributed by atoms with Gasteiger partial charge in [-0.15, -0.1) is 0 Å². The zero-order valence-electron chi connectivity index (χ0n) is 10.1. The van der Waals surface area contributed by atoms with E-state index in [-0.39, 0.29) is 30.8 Å². The quantitative estimate of drug-likeness (QED) is 0.774. The Morgan fingerprint density at radius 2 is 2.11 bits per heavy atom. The van der Waals surface area contributed by atoms with E-state index in [9.17, 15) is 9.59 Å². The van der Waals surface area contributed by atoms with Crippen molar-refractivity contribution in [3.63, 3.8) is 0 Å². The van der Waals surface area contributed by atoms with Crippen molar-refractivity contribution in [2.24, 2.45) is 5.73 Å². The molecule has 0 bridgehead atoms. The number of amides is 2. The summed E-state index contributed by atoms with van der Waals surface area (Å²) in [5.41, 5.74) is 6.40. The molecule has 0 radical (unpaired) electrons. The average Bonchev–Trinajstić information content (AvgIpc) is 2.60. The highest BCUT2D eigenvalue weighted by molar-refractivity contribution is 5.82. The number of hydrogen-bond donors (Lipinski definition) is 2. The summed E-state index contributed by atoms with van der Waals surface area (Å²) in [5, 5.41) is 2.78. The van der Waals surface area contributed by atoms with Gasteiger partial charge < -0.3 is 16.0 Å². The molecule has 0 saturated carbocycles. The molecule has 5 nitrogen and oxygen atoms in total. The summed E-state index contributed by atoms with van der Waals surface area (Å²) in [4.78, 5) is 25.2. The number of carbonyl (C=O) groups is 2. The smallest absolute Gasteiger partial charge is 0.236 e. The third kappa shape index (κ3) is 2.68. The van der Waals surface area contributed by atoms with Crippen molar-refractivity contribution in [1.82, 2.24) is 10.2 Å². The molecule has 2 rings (SSSR count). The third-order valence-electron chi connectivity index (χ3n) is 3.11. The largest absolute Gasteiger partial charge is 0.354 e. The first-order chi connectivity index (χ1) is 8.72. The summed E-state index contributed by atoms with van der Waals surface area (Å²) in [6, 6.07) is 9.37. The van der Waals surface area contributed by atoms with Gasteiger partial charge in [-0.25, -0.2) is 0 Å². The fourth-order valence-electron chi connectivity index (χ4n) is 2.22. The molecule has 1 aromatic rings. The van der Waals surface area contributed by atoms with Gasteiger partial charge in [-0.05, 0) is 5.56 Å². The minimum atomic E-state index is -0.218. The van der Waals surface area contributed by atoms with Crippen LogP contribution in [0.5, 0.6) is 0 Å². The monoisotopic (exact) mass is 247 g/mol. The van der Waals surface area contributed by atoms with E-state index in [1.807, 2.05) is 30.3 Å². The molecule has 2 amide bonds. The second kappa shape index (κ2) is 5.64. The van der Waals surface area contributed by atoms with Crippen molar-refractivity contribution in [1.29, 1.82) is 0 Å². The van der Waals surface area contributed by atoms with Crippen LogP contribution in [0.15, 0.2) is 30.3 Å². The Labute approximate surface area is 106 Å². The average molecular weight is 247 g/mol. The summed E-state index contributed by atoms with van der Waals surface area (Å²) in [6.07, 6.45) is 0.287. The van der Waals surface area contributed by atoms with E-state index in [1.54, 1.807) is 4.90 Å². The number of hydrogen-bond acceptors (Lipinski definition) is 3. The highest BCUT2D eigenvalue weighted by Crippen LogP contribution is 2.25. The molecule has 0 aliphatic carbocycles. The van der Waals surface area contributed by atoms with Crippen LogP contribution in [0.2, 0.25) is 0 Å². The van der Waals surface area contributed by atoms with E-state index < -0.39 is 0 Å². The van der Waals surface area contributed by atoms with Crippen LogP contribution in [0.4, 0.5) is 0 Å². The lowest BCUT2D eigenvalue weighted by Gasteiger charge is -2.29. The summed E-state index contributed by atoms with van der Waals surface area (Å²) in [6.45, 7) is 0.951. The van der Waals surface area contributed by atoms with Crippen LogP contribution < -0.4 is 11.1 Å². The number of nitrogens with zero attached hydrogens (tertiary/aromatic N) is 1. The lowest BCUT2D eigenvalue weighted by Crippen LogP contribution is -2.40. The fourth-order valence-corrected chi connectivity index (χ4v) is 2.22. The Morgan fingerprint density at radius 3 is 2.78 bits per heavy atom. The second-order valence-electron chi connectivity index (χ2n) is 4.27. The third-order valence-corrected chi connectivity index (χ3v) is 3.11. The molecule has 5 heteroatoms. The molecule has 1 saturated heterocycles. The Hall–Kier alpha value is -1.88. The molecule has 18 heavy (non-hydrogen) atoms. The van der Waals surface area contributed by atoms with E-state index in [0.29, 0.717) is 13.1 Å². The molecule has 0 aromatic heterocycles. The van der Waals surface area contributed by atoms with Gasteiger partial charge in [0, 0.05) is 13.1 Å². The SMILES string of the molecule is NCC(=O)N1CCNC(=O)CC1c1ccccc1. The molecular formula is C13H17N3O2. The molecule has 1 aliphatic rings. The van der Waals surface area contributed by atoms with Crippen LogP contribution in [0.1, 0.15) is 18.0 Å². The number of nitrogens with one attached hydrogen (secondary N) is 1. The van der Waals surface area contributed by atoms with Crippen molar-refractivity contribution in [2.75, 3.05) is 19.6 Å². The van der Waals surface area contributed by atoms with Gasteiger partial charge >= 0.3 is 0 Å². The second-order valence-corrected chi connectivity index (χ2v) is 4.27. The molecule has 3 N–H and O–H groups in total. The van der Waals surface area contributed by atoms with Gasteiger partial charge in [-0.1, -0.05) is 30.3 Å². The van der Waals surface area contributed by atoms with Crippen LogP contribution in [-0.2, 0) is 9.59 Å². The number of benzene rings is 1. The van der Waals surface area contributed by atoms with Gasteiger partial charge in [0.2, 0.25) is 11.8 Å². The Morgan fingerprint density at radius 1 is 1.39 bits per heavy atom. The Balaban J connectivity index is 2.30. The number of nitrogens with two attached hydrogens (primary N) is 1. The molecule has 1 atom stereocenters. The summed E-state index contributed by atoms with van der Waals surface area (Å²) in [7, 11) is 0. The molecule has 1 heterocycles. The van der Waals surface area contributed by atoms with Crippen molar-refractivity contribution in [3.8, 4) is 0 Å². The molecular weight excluding hydrogens is 230 g/mol. The zero-order chi connectivity index (χ0) is 13.0. The molecule has 1 aromatic carbocycles. The van der Waals surface area contributed by atoms with Gasteiger partial charge in [-0.2, -0.15) is 0 Å². The van der Waals surface area contributed by atoms with Gasteiger partial charge in [-0.3, -0.25) is 9.59 Å². The maximum absolute atomic E-state index is 11.9. The standard InChI is InChI=1S/C13H17N3O2/c14-9-13(18)16-7-6-15-12(17)8-11(16)10-4-2-1-3-5-10/h1-5,11H,6-9,14H2,(H,15,17). The van der Waals surface area contributed by atoms with Gasteiger partial charge in [0.15, 0.2) is 0 Å².